The van der Waals surface area contributed by atoms with Crippen molar-refractivity contribution < 1.29 is 62.2 Å². The van der Waals surface area contributed by atoms with Gasteiger partial charge in [0.15, 0.2) is 0 Å². The Labute approximate surface area is 724 Å². The lowest BCUT2D eigenvalue weighted by molar-refractivity contribution is -0.134. The van der Waals surface area contributed by atoms with E-state index in [1.165, 1.54) is 29.4 Å². The Kier molecular flexibility index (Phi) is 29.6. The van der Waals surface area contributed by atoms with E-state index in [1.807, 2.05) is 241 Å². The normalized spacial score (nSPS) is 13.4. The first-order chi connectivity index (χ1) is 59.7. The maximum atomic E-state index is 15.6. The molecule has 0 aliphatic heterocycles. The van der Waals surface area contributed by atoms with Crippen molar-refractivity contribution in [3.8, 4) is 11.1 Å². The molecule has 10 amide bonds. The number of nitrogens with two attached hydrogens (primary N) is 1. The minimum Gasteiger partial charge on any atom is -0.449 e. The molecule has 9 aromatic carbocycles. The van der Waals surface area contributed by atoms with Gasteiger partial charge in [-0.3, -0.25) is 47.7 Å². The highest BCUT2D eigenvalue weighted by molar-refractivity contribution is 7.98. The molecule has 2 aromatic heterocycles. The molecule has 1 aliphatic rings. The number of rotatable bonds is 37. The summed E-state index contributed by atoms with van der Waals surface area (Å²) < 4.78 is 15.1. The van der Waals surface area contributed by atoms with Crippen LogP contribution in [-0.4, -0.2) is 153 Å². The van der Waals surface area contributed by atoms with Crippen LogP contribution in [0.1, 0.15) is 122 Å². The molecule has 0 fully saturated rings. The molecule has 27 heteroatoms. The summed E-state index contributed by atoms with van der Waals surface area (Å²) in [7, 11) is 0. The summed E-state index contributed by atoms with van der Waals surface area (Å²) in [5, 5.41) is 25.3. The van der Waals surface area contributed by atoms with Crippen LogP contribution in [0, 0.1) is 5.92 Å². The number of alkyl carbamates (subject to hydrolysis) is 1. The van der Waals surface area contributed by atoms with E-state index in [2.05, 4.69) is 47.9 Å². The minimum atomic E-state index is -1.62. The molecule has 12 rings (SSSR count). The molecule has 11 aromatic rings. The number of carbonyl (C=O) groups excluding carboxylic acids is 11. The van der Waals surface area contributed by atoms with Gasteiger partial charge >= 0.3 is 12.2 Å². The first-order valence-corrected chi connectivity index (χ1v) is 42.6. The van der Waals surface area contributed by atoms with Crippen molar-refractivity contribution >= 4 is 88.0 Å². The summed E-state index contributed by atoms with van der Waals surface area (Å²) in [6, 6.07) is 71.6. The topological polar surface area (TPSA) is 363 Å². The molecule has 0 saturated heterocycles. The number of nitrogens with one attached hydrogen (secondary N) is 9. The second kappa shape index (κ2) is 41.1. The number of aromatic nitrogens is 3. The number of ether oxygens (including phenoxy) is 2. The highest BCUT2D eigenvalue weighted by Crippen LogP contribution is 2.45. The highest BCUT2D eigenvalue weighted by atomic mass is 32.2. The Hall–Kier alpha value is -14.0. The Bertz CT molecular complexity index is 5360. The molecule has 1 aliphatic carbocycles. The SMILES string of the molecule is CSCC[C@H](NC(=O)CNC(=O)[C@H](Cc1cn(C(c2ccccc2)(c2ccccc2)c2ccccc2)cn1)NC(=O)CNC(=O)[C@@H](NC(=O)[C@H](C)NC(=O)[C@H](Cc1cn(C(=O)OC(C)(C)C)c2ccccc12)NC(=O)[C@H](CCC(=O)NC(c1ccccc1)(c1ccccc1)c1ccccc1)NC(=O)OCC1c2ccccc2-c2ccccc21)C(C)C)C(N)=O. The zero-order valence-electron chi connectivity index (χ0n) is 70.1. The smallest absolute Gasteiger partial charge is 0.419 e. The number of hydrogen-bond acceptors (Lipinski definition) is 15. The van der Waals surface area contributed by atoms with E-state index in [0.29, 0.717) is 27.9 Å². The van der Waals surface area contributed by atoms with E-state index >= 15 is 14.4 Å². The van der Waals surface area contributed by atoms with Crippen molar-refractivity contribution in [1.82, 2.24) is 62.0 Å². The predicted octanol–water partition coefficient (Wildman–Crippen LogP) is 10.6. The van der Waals surface area contributed by atoms with Crippen molar-refractivity contribution in [3.05, 3.63) is 329 Å². The average Bonchev–Trinajstić information content (AvgIpc) is 1.26. The van der Waals surface area contributed by atoms with E-state index in [-0.39, 0.29) is 44.6 Å². The number of imidazole rings is 1. The van der Waals surface area contributed by atoms with Crippen LogP contribution in [0.3, 0.4) is 0 Å². The van der Waals surface area contributed by atoms with Gasteiger partial charge < -0.3 is 67.6 Å². The molecule has 0 unspecified atom stereocenters. The quantitative estimate of drug-likeness (QED) is 0.0162. The van der Waals surface area contributed by atoms with Crippen LogP contribution in [0.25, 0.3) is 22.0 Å². The third-order valence-electron chi connectivity index (χ3n) is 21.8. The van der Waals surface area contributed by atoms with Crippen molar-refractivity contribution in [2.45, 2.75) is 132 Å². The van der Waals surface area contributed by atoms with Gasteiger partial charge in [0.1, 0.15) is 59.5 Å². The average molecular weight is 1690 g/mol. The summed E-state index contributed by atoms with van der Waals surface area (Å²) in [6.45, 7) is 8.28. The lowest BCUT2D eigenvalue weighted by Gasteiger charge is -2.37. The summed E-state index contributed by atoms with van der Waals surface area (Å²) in [6.07, 6.45) is 3.90. The summed E-state index contributed by atoms with van der Waals surface area (Å²) in [4.78, 5) is 163. The second-order valence-corrected chi connectivity index (χ2v) is 32.8. The van der Waals surface area contributed by atoms with E-state index in [4.69, 9.17) is 20.2 Å². The molecule has 0 radical (unpaired) electrons. The molecular formula is C97H103N13O13S. The fourth-order valence-electron chi connectivity index (χ4n) is 15.8. The first kappa shape index (κ1) is 89.3. The van der Waals surface area contributed by atoms with Crippen molar-refractivity contribution in [2.75, 3.05) is 31.7 Å². The van der Waals surface area contributed by atoms with Crippen molar-refractivity contribution in [2.24, 2.45) is 11.7 Å². The van der Waals surface area contributed by atoms with Crippen LogP contribution in [0.4, 0.5) is 9.59 Å². The van der Waals surface area contributed by atoms with E-state index < -0.39 is 137 Å². The molecule has 0 spiro atoms. The van der Waals surface area contributed by atoms with Crippen LogP contribution < -0.4 is 53.6 Å². The van der Waals surface area contributed by atoms with Crippen LogP contribution in [0.5, 0.6) is 0 Å². The van der Waals surface area contributed by atoms with Gasteiger partial charge in [0.05, 0.1) is 30.6 Å². The standard InChI is InChI=1S/C97H103N13O13S/c1-62(2)86(92(119)100-57-85(113)104-81(89(116)99-56-84(112)103-78(87(98)114)52-53-124-7)55-71-59-109(61-101-71)97(68-38-20-11-21-39-68,69-40-22-12-23-41-69)70-42-24-13-25-43-70)107-88(115)63(3)102-91(118)80(54-64-58-110(94(121)123-95(4,5)6)82-49-31-30-44-72(64)82)105-90(117)79(106-93(120)122-60-77-75-47-28-26-45-73(75)74-46-27-29-48-76(74)77)50-51-83(111)108-96(65-32-14-8-15-33-65,66-34-16-9-17-35-66)67-36-18-10-19-37-67/h8-49,58-59,61-63,77-81,86H,50-57,60H2,1-7H3,(H2,98,114)(H,99,116)(H,100,119)(H,102,118)(H,103,112)(H,104,113)(H,105,117)(H,106,120)(H,107,115)(H,108,111)/t63-,78-,79-,80-,81-,86-/m0/s1. The zero-order chi connectivity index (χ0) is 88.1. The number of primary amides is 1. The minimum absolute atomic E-state index is 0.145. The van der Waals surface area contributed by atoms with Crippen LogP contribution in [-0.2, 0) is 76.5 Å². The fraction of sp³-hybridized carbons (Fsp3) is 0.278. The van der Waals surface area contributed by atoms with Gasteiger partial charge in [0.25, 0.3) is 0 Å². The molecule has 26 nitrogen and oxygen atoms in total. The highest BCUT2D eigenvalue weighted by Gasteiger charge is 2.42. The van der Waals surface area contributed by atoms with E-state index in [0.717, 1.165) is 55.6 Å². The number of hydrogen-bond donors (Lipinski definition) is 10. The second-order valence-electron chi connectivity index (χ2n) is 31.8. The number of carbonyl (C=O) groups is 11. The number of para-hydroxylation sites is 1. The Morgan fingerprint density at radius 3 is 1.45 bits per heavy atom. The monoisotopic (exact) mass is 1690 g/mol. The van der Waals surface area contributed by atoms with Gasteiger partial charge in [-0.05, 0) is 126 Å². The molecule has 0 bridgehead atoms. The molecule has 2 heterocycles. The lowest BCUT2D eigenvalue weighted by atomic mass is 9.77. The maximum absolute atomic E-state index is 15.6. The fourth-order valence-corrected chi connectivity index (χ4v) is 16.3. The summed E-state index contributed by atoms with van der Waals surface area (Å²) in [5.74, 6) is -7.81. The molecule has 6 atom stereocenters. The van der Waals surface area contributed by atoms with Gasteiger partial charge in [0, 0.05) is 43.0 Å². The van der Waals surface area contributed by atoms with E-state index in [9.17, 15) is 38.4 Å². The third kappa shape index (κ3) is 21.5. The number of fused-ring (bicyclic) bond motifs is 4. The Balaban J connectivity index is 0.790. The van der Waals surface area contributed by atoms with Crippen molar-refractivity contribution in [3.63, 3.8) is 0 Å². The largest absolute Gasteiger partial charge is 0.449 e. The lowest BCUT2D eigenvalue weighted by Crippen LogP contribution is -2.59. The van der Waals surface area contributed by atoms with Gasteiger partial charge in [0.2, 0.25) is 53.2 Å². The van der Waals surface area contributed by atoms with Crippen LogP contribution >= 0.6 is 11.8 Å². The van der Waals surface area contributed by atoms with E-state index in [1.54, 1.807) is 71.4 Å². The van der Waals surface area contributed by atoms with Crippen molar-refractivity contribution in [1.29, 1.82) is 0 Å². The molecule has 0 saturated carbocycles. The van der Waals surface area contributed by atoms with Crippen LogP contribution in [0.15, 0.2) is 274 Å². The number of benzene rings is 9. The Morgan fingerprint density at radius 1 is 0.476 bits per heavy atom. The molecule has 640 valence electrons. The predicted molar refractivity (Wildman–Crippen MR) is 475 cm³/mol. The maximum Gasteiger partial charge on any atom is 0.419 e. The summed E-state index contributed by atoms with van der Waals surface area (Å²) in [5.41, 5.74) is 12.2. The molecule has 11 N–H and O–H groups in total. The molecule has 124 heavy (non-hydrogen) atoms. The molecular weight excluding hydrogens is 1590 g/mol. The summed E-state index contributed by atoms with van der Waals surface area (Å²) >= 11 is 1.45. The van der Waals surface area contributed by atoms with Gasteiger partial charge in [-0.25, -0.2) is 14.6 Å². The number of nitrogens with zero attached hydrogens (tertiary/aromatic N) is 3. The van der Waals surface area contributed by atoms with Gasteiger partial charge in [-0.15, -0.1) is 0 Å². The van der Waals surface area contributed by atoms with Gasteiger partial charge in [-0.1, -0.05) is 263 Å². The number of amides is 10. The Morgan fingerprint density at radius 2 is 0.944 bits per heavy atom. The zero-order valence-corrected chi connectivity index (χ0v) is 70.9. The first-order valence-electron chi connectivity index (χ1n) is 41.2. The van der Waals surface area contributed by atoms with Crippen LogP contribution in [0.2, 0.25) is 0 Å². The third-order valence-corrected chi connectivity index (χ3v) is 22.4. The van der Waals surface area contributed by atoms with Gasteiger partial charge in [-0.2, -0.15) is 11.8 Å². The number of thioether (sulfide) groups is 1.